The predicted octanol–water partition coefficient (Wildman–Crippen LogP) is 1.00. The van der Waals surface area contributed by atoms with Gasteiger partial charge in [0, 0.05) is 0 Å². The Bertz CT molecular complexity index is 1010. The first-order valence-corrected chi connectivity index (χ1v) is 10.5. The van der Waals surface area contributed by atoms with Gasteiger partial charge in [0.1, 0.15) is 0 Å². The Morgan fingerprint density at radius 3 is 2.75 bits per heavy atom. The van der Waals surface area contributed by atoms with E-state index in [1.54, 1.807) is 17.0 Å². The fraction of sp³-hybridized carbons (Fsp3) is 0.263. The second kappa shape index (κ2) is 8.26. The molecule has 3 rings (SSSR count). The summed E-state index contributed by atoms with van der Waals surface area (Å²) in [6.07, 6.45) is 1.79. The summed E-state index contributed by atoms with van der Waals surface area (Å²) >= 11 is 0. The van der Waals surface area contributed by atoms with Gasteiger partial charge in [0.25, 0.3) is 0 Å². The summed E-state index contributed by atoms with van der Waals surface area (Å²) < 4.78 is 18.7. The third-order valence-corrected chi connectivity index (χ3v) is 6.56. The molecule has 2 aromatic carbocycles. The molecule has 0 saturated heterocycles. The molecule has 0 fully saturated rings. The van der Waals surface area contributed by atoms with Gasteiger partial charge in [-0.2, -0.15) is 0 Å². The summed E-state index contributed by atoms with van der Waals surface area (Å²) in [5.74, 6) is 4.63. The molecule has 0 saturated carbocycles. The number of benzene rings is 2. The molecule has 1 heterocycles. The average molecular weight is 399 g/mol. The minimum atomic E-state index is -2.89. The monoisotopic (exact) mass is 399 g/mol. The number of esters is 1. The quantitative estimate of drug-likeness (QED) is 0.351. The number of hydrazine groups is 1. The Kier molecular flexibility index (Phi) is 5.97. The number of rotatable bonds is 5. The topological polar surface area (TPSA) is 92.9 Å². The summed E-state index contributed by atoms with van der Waals surface area (Å²) in [6.45, 7) is 3.84. The van der Waals surface area contributed by atoms with Gasteiger partial charge in [0.05, 0.1) is 0 Å². The van der Waals surface area contributed by atoms with Crippen molar-refractivity contribution in [1.29, 1.82) is 0 Å². The van der Waals surface area contributed by atoms with Crippen LogP contribution in [0.4, 0.5) is 5.69 Å². The Labute approximate surface area is 165 Å². The molecule has 0 aliphatic carbocycles. The van der Waals surface area contributed by atoms with Gasteiger partial charge in [-0.25, -0.2) is 0 Å². The van der Waals surface area contributed by atoms with Crippen molar-refractivity contribution in [2.75, 3.05) is 25.1 Å². The van der Waals surface area contributed by atoms with E-state index in [0.29, 0.717) is 11.4 Å². The molecule has 1 amide bonds. The van der Waals surface area contributed by atoms with Crippen molar-refractivity contribution >= 4 is 33.8 Å². The van der Waals surface area contributed by atoms with E-state index < -0.39 is 15.5 Å². The number of carbonyl (C=O) groups excluding carboxylic acids is 2. The number of aryl methyl sites for hydroxylation is 1. The number of para-hydroxylation sites is 1. The first kappa shape index (κ1) is 20.3. The predicted molar refractivity (Wildman–Crippen MR) is 109 cm³/mol. The molecule has 146 valence electrons. The Morgan fingerprint density at radius 1 is 1.25 bits per heavy atom. The van der Waals surface area contributed by atoms with Gasteiger partial charge in [-0.05, 0) is 0 Å². The van der Waals surface area contributed by atoms with Crippen molar-refractivity contribution in [3.05, 3.63) is 59.7 Å². The summed E-state index contributed by atoms with van der Waals surface area (Å²) in [7, 11) is -1.45. The summed E-state index contributed by atoms with van der Waals surface area (Å²) in [5.41, 5.74) is 2.15. The fourth-order valence-corrected chi connectivity index (χ4v) is 4.00. The molecule has 0 aromatic heterocycles. The van der Waals surface area contributed by atoms with Crippen LogP contribution in [0.25, 0.3) is 0 Å². The van der Waals surface area contributed by atoms with Crippen LogP contribution in [0.3, 0.4) is 0 Å². The molecule has 2 N–H and O–H groups in total. The van der Waals surface area contributed by atoms with Crippen LogP contribution in [0.1, 0.15) is 22.3 Å². The van der Waals surface area contributed by atoms with Gasteiger partial charge in [-0.3, -0.25) is 0 Å². The van der Waals surface area contributed by atoms with Crippen LogP contribution in [-0.2, 0) is 25.5 Å². The number of ether oxygens (including phenoxy) is 1. The zero-order valence-electron chi connectivity index (χ0n) is 15.7. The van der Waals surface area contributed by atoms with Crippen molar-refractivity contribution < 1.29 is 18.5 Å². The van der Waals surface area contributed by atoms with E-state index in [0.717, 1.165) is 28.5 Å². The number of nitrogens with zero attached hydrogens (tertiary/aromatic N) is 2. The molecule has 2 aromatic rings. The molecule has 9 heteroatoms. The van der Waals surface area contributed by atoms with Gasteiger partial charge in [-0.1, -0.05) is 6.07 Å². The number of fused-ring (bicyclic) bond motifs is 1. The number of carbonyl (C=O) groups is 2. The number of hydrogen-bond acceptors (Lipinski definition) is 5. The maximum atomic E-state index is 12.6. The molecular formula is C19H22BN3O4S. The molecule has 1 unspecified atom stereocenters. The van der Waals surface area contributed by atoms with Gasteiger partial charge in [0.15, 0.2) is 0 Å². The van der Waals surface area contributed by atoms with Crippen molar-refractivity contribution in [2.24, 2.45) is 5.84 Å². The average Bonchev–Trinajstić information content (AvgIpc) is 2.71. The van der Waals surface area contributed by atoms with Crippen LogP contribution < -0.4 is 10.7 Å². The van der Waals surface area contributed by atoms with E-state index in [1.165, 1.54) is 19.2 Å². The van der Waals surface area contributed by atoms with Gasteiger partial charge < -0.3 is 0 Å². The third kappa shape index (κ3) is 4.16. The zero-order chi connectivity index (χ0) is 20.3. The Morgan fingerprint density at radius 2 is 2.00 bits per heavy atom. The normalized spacial score (nSPS) is 15.6. The van der Waals surface area contributed by atoms with Crippen LogP contribution >= 0.6 is 0 Å². The third-order valence-electron chi connectivity index (χ3n) is 4.64. The van der Waals surface area contributed by atoms with Crippen molar-refractivity contribution in [3.63, 3.8) is 0 Å². The van der Waals surface area contributed by atoms with Crippen molar-refractivity contribution in [2.45, 2.75) is 17.7 Å². The van der Waals surface area contributed by atoms with E-state index in [-0.39, 0.29) is 18.1 Å². The molecule has 1 aliphatic rings. The number of nitrogens with two attached hydrogens (primary N) is 1. The standard InChI is InChI=1S/C19H22BN3O4S/c1-22(21)28(20,26)16-9-4-7-15(12-16)19(25)27-13-18(24)23-11-5-8-14-6-2-3-10-17(14)23/h2-4,6-7,9-10,12,20H,5,8,11,13,21H2,1H3. The van der Waals surface area contributed by atoms with Crippen LogP contribution in [-0.4, -0.2) is 47.4 Å². The molecule has 0 radical (unpaired) electrons. The Hall–Kier alpha value is -2.49. The molecule has 7 nitrogen and oxygen atoms in total. The minimum absolute atomic E-state index is 0.183. The molecular weight excluding hydrogens is 377 g/mol. The van der Waals surface area contributed by atoms with Crippen LogP contribution in [0.2, 0.25) is 0 Å². The van der Waals surface area contributed by atoms with E-state index >= 15 is 0 Å². The van der Waals surface area contributed by atoms with Gasteiger partial charge in [0.2, 0.25) is 0 Å². The summed E-state index contributed by atoms with van der Waals surface area (Å²) in [5, 5.41) is 0. The first-order valence-electron chi connectivity index (χ1n) is 8.82. The Balaban J connectivity index is 1.69. The van der Waals surface area contributed by atoms with Crippen LogP contribution in [0, 0.1) is 0 Å². The van der Waals surface area contributed by atoms with Gasteiger partial charge in [-0.15, -0.1) is 0 Å². The van der Waals surface area contributed by atoms with E-state index in [2.05, 4.69) is 6.72 Å². The summed E-state index contributed by atoms with van der Waals surface area (Å²) in [6, 6.07) is 13.8. The number of anilines is 1. The second-order valence-corrected chi connectivity index (χ2v) is 8.90. The molecule has 0 spiro atoms. The first-order chi connectivity index (χ1) is 13.3. The second-order valence-electron chi connectivity index (χ2n) is 6.57. The SMILES string of the molecule is B=S(=O)(c1cccc(C(=O)OCC(=O)N2CCCc3ccccc32)c1)N(C)N. The van der Waals surface area contributed by atoms with E-state index in [9.17, 15) is 13.8 Å². The zero-order valence-corrected chi connectivity index (χ0v) is 16.5. The molecule has 1 aliphatic heterocycles. The van der Waals surface area contributed by atoms with Crippen LogP contribution in [0.15, 0.2) is 53.4 Å². The number of hydrogen-bond donors (Lipinski definition) is 1. The fourth-order valence-electron chi connectivity index (χ4n) is 3.07. The van der Waals surface area contributed by atoms with E-state index in [4.69, 9.17) is 10.6 Å². The molecule has 0 bridgehead atoms. The molecule has 1 atom stereocenters. The van der Waals surface area contributed by atoms with Crippen molar-refractivity contribution in [3.8, 4) is 0 Å². The van der Waals surface area contributed by atoms with Crippen LogP contribution in [0.5, 0.6) is 0 Å². The number of amides is 1. The van der Waals surface area contributed by atoms with Crippen molar-refractivity contribution in [1.82, 2.24) is 4.41 Å². The van der Waals surface area contributed by atoms with Gasteiger partial charge >= 0.3 is 159 Å². The summed E-state index contributed by atoms with van der Waals surface area (Å²) in [4.78, 5) is 26.9. The maximum absolute atomic E-state index is 12.6. The van der Waals surface area contributed by atoms with E-state index in [1.807, 2.05) is 24.3 Å². The molecule has 28 heavy (non-hydrogen) atoms.